The zero-order chi connectivity index (χ0) is 15.7. The van der Waals surface area contributed by atoms with Gasteiger partial charge in [0.1, 0.15) is 12.1 Å². The Kier molecular flexibility index (Phi) is 5.14. The average molecular weight is 421 g/mol. The Balaban J connectivity index is 2.38. The lowest BCUT2D eigenvalue weighted by Gasteiger charge is -2.38. The van der Waals surface area contributed by atoms with E-state index in [1.54, 1.807) is 19.1 Å². The van der Waals surface area contributed by atoms with Crippen molar-refractivity contribution in [3.8, 4) is 0 Å². The van der Waals surface area contributed by atoms with Crippen LogP contribution in [0.1, 0.15) is 27.2 Å². The fourth-order valence-electron chi connectivity index (χ4n) is 2.47. The fraction of sp³-hybridized carbons (Fsp3) is 0.467. The van der Waals surface area contributed by atoms with Crippen LogP contribution in [0, 0.1) is 9.49 Å². The normalized spacial score (nSPS) is 22.7. The molecule has 1 aliphatic rings. The molecule has 0 bridgehead atoms. The van der Waals surface area contributed by atoms with E-state index in [-0.39, 0.29) is 11.8 Å². The lowest BCUT2D eigenvalue weighted by atomic mass is 9.98. The molecule has 1 N–H and O–H groups in total. The summed E-state index contributed by atoms with van der Waals surface area (Å²) in [6, 6.07) is 4.43. The molecule has 1 aliphatic heterocycles. The van der Waals surface area contributed by atoms with Gasteiger partial charge in [0.15, 0.2) is 0 Å². The second-order valence-corrected chi connectivity index (χ2v) is 7.32. The zero-order valence-electron chi connectivity index (χ0n) is 12.2. The second kappa shape index (κ2) is 6.52. The molecule has 1 aromatic rings. The van der Waals surface area contributed by atoms with E-state index in [1.165, 1.54) is 4.90 Å². The molecule has 2 unspecified atom stereocenters. The minimum Gasteiger partial charge on any atom is -0.342 e. The largest absolute Gasteiger partial charge is 0.342 e. The van der Waals surface area contributed by atoms with Crippen LogP contribution >= 0.6 is 34.2 Å². The first kappa shape index (κ1) is 16.5. The number of rotatable bonds is 3. The Hall–Kier alpha value is -0.820. The summed E-state index contributed by atoms with van der Waals surface area (Å²) in [6.07, 6.45) is 0.621. The molecule has 0 spiro atoms. The van der Waals surface area contributed by atoms with E-state index >= 15 is 0 Å². The van der Waals surface area contributed by atoms with Crippen LogP contribution in [0.3, 0.4) is 0 Å². The van der Waals surface area contributed by atoms with Crippen LogP contribution in [0.4, 0.5) is 5.69 Å². The molecule has 21 heavy (non-hydrogen) atoms. The number of benzene rings is 1. The van der Waals surface area contributed by atoms with Gasteiger partial charge >= 0.3 is 0 Å². The number of halogens is 2. The molecule has 2 atom stereocenters. The molecule has 6 heteroatoms. The SMILES string of the molecule is CC(C)CC1NC(=O)C(C)N(c2ccc(I)cc2Cl)C1=O. The Morgan fingerprint density at radius 2 is 2.05 bits per heavy atom. The number of carbonyl (C=O) groups excluding carboxylic acids is 2. The lowest BCUT2D eigenvalue weighted by Crippen LogP contribution is -2.63. The van der Waals surface area contributed by atoms with Crippen LogP contribution in [0.15, 0.2) is 18.2 Å². The van der Waals surface area contributed by atoms with Gasteiger partial charge in [0, 0.05) is 3.57 Å². The molecule has 114 valence electrons. The van der Waals surface area contributed by atoms with Crippen molar-refractivity contribution < 1.29 is 9.59 Å². The minimum absolute atomic E-state index is 0.0982. The van der Waals surface area contributed by atoms with Crippen LogP contribution in [0.25, 0.3) is 0 Å². The van der Waals surface area contributed by atoms with E-state index in [4.69, 9.17) is 11.6 Å². The van der Waals surface area contributed by atoms with E-state index in [2.05, 4.69) is 27.9 Å². The van der Waals surface area contributed by atoms with Gasteiger partial charge in [-0.05, 0) is 60.1 Å². The molecule has 2 rings (SSSR count). The predicted molar refractivity (Wildman–Crippen MR) is 92.5 cm³/mol. The molecular weight excluding hydrogens is 403 g/mol. The number of hydrogen-bond acceptors (Lipinski definition) is 2. The van der Waals surface area contributed by atoms with Gasteiger partial charge in [-0.15, -0.1) is 0 Å². The molecule has 1 fully saturated rings. The third-order valence-corrected chi connectivity index (χ3v) is 4.47. The molecule has 2 amide bonds. The number of amides is 2. The van der Waals surface area contributed by atoms with Gasteiger partial charge in [-0.3, -0.25) is 14.5 Å². The highest BCUT2D eigenvalue weighted by Gasteiger charge is 2.39. The summed E-state index contributed by atoms with van der Waals surface area (Å²) < 4.78 is 0.988. The van der Waals surface area contributed by atoms with Gasteiger partial charge in [0.05, 0.1) is 10.7 Å². The van der Waals surface area contributed by atoms with Crippen molar-refractivity contribution in [3.63, 3.8) is 0 Å². The highest BCUT2D eigenvalue weighted by Crippen LogP contribution is 2.31. The van der Waals surface area contributed by atoms with Crippen LogP contribution in [-0.2, 0) is 9.59 Å². The van der Waals surface area contributed by atoms with E-state index in [0.29, 0.717) is 23.0 Å². The maximum Gasteiger partial charge on any atom is 0.250 e. The number of nitrogens with zero attached hydrogens (tertiary/aromatic N) is 1. The fourth-order valence-corrected chi connectivity index (χ4v) is 3.41. The molecule has 1 aromatic carbocycles. The van der Waals surface area contributed by atoms with E-state index in [9.17, 15) is 9.59 Å². The van der Waals surface area contributed by atoms with Gasteiger partial charge in [-0.1, -0.05) is 25.4 Å². The van der Waals surface area contributed by atoms with Gasteiger partial charge in [-0.2, -0.15) is 0 Å². The van der Waals surface area contributed by atoms with Crippen molar-refractivity contribution in [2.75, 3.05) is 4.90 Å². The number of carbonyl (C=O) groups is 2. The summed E-state index contributed by atoms with van der Waals surface area (Å²) in [5.74, 6) is 0.0791. The van der Waals surface area contributed by atoms with Gasteiger partial charge in [-0.25, -0.2) is 0 Å². The van der Waals surface area contributed by atoms with Crippen LogP contribution in [-0.4, -0.2) is 23.9 Å². The topological polar surface area (TPSA) is 49.4 Å². The monoisotopic (exact) mass is 420 g/mol. The Labute approximate surface area is 143 Å². The number of hydrogen-bond donors (Lipinski definition) is 1. The van der Waals surface area contributed by atoms with Crippen molar-refractivity contribution in [2.24, 2.45) is 5.92 Å². The molecule has 1 heterocycles. The first-order chi connectivity index (χ1) is 9.81. The minimum atomic E-state index is -0.557. The molecule has 0 aromatic heterocycles. The summed E-state index contributed by atoms with van der Waals surface area (Å²) in [5.41, 5.74) is 0.596. The second-order valence-electron chi connectivity index (χ2n) is 5.67. The first-order valence-corrected chi connectivity index (χ1v) is 8.35. The van der Waals surface area contributed by atoms with Crippen molar-refractivity contribution in [1.82, 2.24) is 5.32 Å². The summed E-state index contributed by atoms with van der Waals surface area (Å²) >= 11 is 8.42. The summed E-state index contributed by atoms with van der Waals surface area (Å²) in [7, 11) is 0. The summed E-state index contributed by atoms with van der Waals surface area (Å²) in [4.78, 5) is 26.4. The smallest absolute Gasteiger partial charge is 0.250 e. The number of anilines is 1. The Morgan fingerprint density at radius 3 is 2.62 bits per heavy atom. The van der Waals surface area contributed by atoms with E-state index in [1.807, 2.05) is 19.9 Å². The lowest BCUT2D eigenvalue weighted by molar-refractivity contribution is -0.133. The third kappa shape index (κ3) is 3.51. The van der Waals surface area contributed by atoms with Crippen LogP contribution < -0.4 is 10.2 Å². The number of piperazine rings is 1. The van der Waals surface area contributed by atoms with Crippen molar-refractivity contribution in [2.45, 2.75) is 39.3 Å². The van der Waals surface area contributed by atoms with Crippen LogP contribution in [0.2, 0.25) is 5.02 Å². The maximum absolute atomic E-state index is 12.7. The quantitative estimate of drug-likeness (QED) is 0.764. The van der Waals surface area contributed by atoms with Crippen molar-refractivity contribution in [1.29, 1.82) is 0 Å². The van der Waals surface area contributed by atoms with Crippen molar-refractivity contribution in [3.05, 3.63) is 26.8 Å². The maximum atomic E-state index is 12.7. The third-order valence-electron chi connectivity index (χ3n) is 3.50. The molecule has 1 saturated heterocycles. The Bertz CT molecular complexity index is 577. The summed E-state index contributed by atoms with van der Waals surface area (Å²) in [5, 5.41) is 3.29. The summed E-state index contributed by atoms with van der Waals surface area (Å²) in [6.45, 7) is 5.77. The van der Waals surface area contributed by atoms with Gasteiger partial charge < -0.3 is 5.32 Å². The molecular formula is C15H18ClIN2O2. The standard InChI is InChI=1S/C15H18ClIN2O2/c1-8(2)6-12-15(21)19(9(3)14(20)18-12)13-5-4-10(17)7-11(13)16/h4-5,7-9,12H,6H2,1-3H3,(H,18,20). The molecule has 4 nitrogen and oxygen atoms in total. The highest BCUT2D eigenvalue weighted by atomic mass is 127. The van der Waals surface area contributed by atoms with Crippen molar-refractivity contribution >= 4 is 51.7 Å². The van der Waals surface area contributed by atoms with Gasteiger partial charge in [0.25, 0.3) is 0 Å². The highest BCUT2D eigenvalue weighted by molar-refractivity contribution is 14.1. The van der Waals surface area contributed by atoms with E-state index < -0.39 is 12.1 Å². The number of nitrogens with one attached hydrogen (secondary N) is 1. The average Bonchev–Trinajstić information content (AvgIpc) is 2.38. The predicted octanol–water partition coefficient (Wildman–Crippen LogP) is 3.21. The first-order valence-electron chi connectivity index (χ1n) is 6.89. The Morgan fingerprint density at radius 1 is 1.38 bits per heavy atom. The molecule has 0 radical (unpaired) electrons. The van der Waals surface area contributed by atoms with Gasteiger partial charge in [0.2, 0.25) is 11.8 Å². The van der Waals surface area contributed by atoms with Crippen LogP contribution in [0.5, 0.6) is 0 Å². The zero-order valence-corrected chi connectivity index (χ0v) is 15.1. The molecule has 0 aliphatic carbocycles. The van der Waals surface area contributed by atoms with E-state index in [0.717, 1.165) is 3.57 Å². The molecule has 0 saturated carbocycles.